The largest absolute Gasteiger partial charge is 0.377 e. The summed E-state index contributed by atoms with van der Waals surface area (Å²) in [7, 11) is -5.75. The van der Waals surface area contributed by atoms with Crippen LogP contribution in [0.2, 0.25) is 0 Å². The molecule has 11 heteroatoms. The molecule has 2 aromatic rings. The highest BCUT2D eigenvalue weighted by Gasteiger charge is 2.21. The van der Waals surface area contributed by atoms with E-state index in [4.69, 9.17) is 4.74 Å². The van der Waals surface area contributed by atoms with Crippen LogP contribution in [0.25, 0.3) is 0 Å². The van der Waals surface area contributed by atoms with E-state index in [-0.39, 0.29) is 35.4 Å². The first-order valence-corrected chi connectivity index (χ1v) is 13.3. The SMILES string of the molecule is CNS(=O)(=O)Cc1ccc(CNC(=O)c2cccc(S(=O)(=O)NCC3CCCO3)c2)cc1. The molecule has 0 saturated carbocycles. The van der Waals surface area contributed by atoms with Crippen molar-refractivity contribution < 1.29 is 26.4 Å². The molecule has 3 N–H and O–H groups in total. The van der Waals surface area contributed by atoms with Gasteiger partial charge in [0.25, 0.3) is 5.91 Å². The highest BCUT2D eigenvalue weighted by atomic mass is 32.2. The molecule has 0 aliphatic carbocycles. The Balaban J connectivity index is 1.58. The van der Waals surface area contributed by atoms with Gasteiger partial charge in [0.05, 0.1) is 16.8 Å². The summed E-state index contributed by atoms with van der Waals surface area (Å²) in [6, 6.07) is 12.7. The lowest BCUT2D eigenvalue weighted by Crippen LogP contribution is -2.32. The summed E-state index contributed by atoms with van der Waals surface area (Å²) in [5.41, 5.74) is 1.63. The normalized spacial score (nSPS) is 16.7. The van der Waals surface area contributed by atoms with Gasteiger partial charge < -0.3 is 10.1 Å². The van der Waals surface area contributed by atoms with Crippen molar-refractivity contribution in [2.45, 2.75) is 36.1 Å². The zero-order valence-electron chi connectivity index (χ0n) is 17.7. The third-order valence-electron chi connectivity index (χ3n) is 5.08. The second-order valence-electron chi connectivity index (χ2n) is 7.48. The molecular formula is C21H27N3O6S2. The third kappa shape index (κ3) is 6.84. The van der Waals surface area contributed by atoms with Crippen molar-refractivity contribution in [1.82, 2.24) is 14.8 Å². The molecule has 9 nitrogen and oxygen atoms in total. The highest BCUT2D eigenvalue weighted by Crippen LogP contribution is 2.15. The van der Waals surface area contributed by atoms with E-state index in [1.165, 1.54) is 25.2 Å². The second kappa shape index (κ2) is 10.5. The second-order valence-corrected chi connectivity index (χ2v) is 11.2. The average molecular weight is 482 g/mol. The van der Waals surface area contributed by atoms with E-state index < -0.39 is 26.0 Å². The minimum absolute atomic E-state index is 0.0123. The van der Waals surface area contributed by atoms with Gasteiger partial charge in [0.2, 0.25) is 20.0 Å². The summed E-state index contributed by atoms with van der Waals surface area (Å²) in [4.78, 5) is 12.5. The van der Waals surface area contributed by atoms with Crippen LogP contribution in [0, 0.1) is 0 Å². The molecule has 1 atom stereocenters. The maximum absolute atomic E-state index is 12.6. The van der Waals surface area contributed by atoms with Gasteiger partial charge in [-0.05, 0) is 49.2 Å². The van der Waals surface area contributed by atoms with Gasteiger partial charge in [-0.1, -0.05) is 30.3 Å². The lowest BCUT2D eigenvalue weighted by molar-refractivity contribution is 0.0950. The van der Waals surface area contributed by atoms with Crippen LogP contribution in [-0.4, -0.2) is 49.0 Å². The monoisotopic (exact) mass is 481 g/mol. The molecule has 1 fully saturated rings. The predicted octanol–water partition coefficient (Wildman–Crippen LogP) is 1.12. The van der Waals surface area contributed by atoms with Gasteiger partial charge in [0.1, 0.15) is 0 Å². The Hall–Kier alpha value is -2.31. The Bertz CT molecular complexity index is 1140. The molecule has 1 aliphatic rings. The number of benzene rings is 2. The molecule has 1 unspecified atom stereocenters. The van der Waals surface area contributed by atoms with E-state index in [1.54, 1.807) is 30.3 Å². The maximum atomic E-state index is 12.6. The summed E-state index contributed by atoms with van der Waals surface area (Å²) < 4.78 is 58.5. The van der Waals surface area contributed by atoms with E-state index in [0.717, 1.165) is 18.4 Å². The molecule has 0 radical (unpaired) electrons. The fraction of sp³-hybridized carbons (Fsp3) is 0.381. The fourth-order valence-corrected chi connectivity index (χ4v) is 5.11. The summed E-state index contributed by atoms with van der Waals surface area (Å²) in [6.45, 7) is 1.05. The topological polar surface area (TPSA) is 131 Å². The Labute approximate surface area is 188 Å². The summed E-state index contributed by atoms with van der Waals surface area (Å²) in [6.07, 6.45) is 1.61. The molecule has 1 amide bonds. The molecular weight excluding hydrogens is 454 g/mol. The summed E-state index contributed by atoms with van der Waals surface area (Å²) in [5.74, 6) is -0.541. The van der Waals surface area contributed by atoms with Crippen molar-refractivity contribution in [1.29, 1.82) is 0 Å². The van der Waals surface area contributed by atoms with E-state index in [2.05, 4.69) is 14.8 Å². The van der Waals surface area contributed by atoms with Crippen LogP contribution < -0.4 is 14.8 Å². The van der Waals surface area contributed by atoms with Crippen LogP contribution in [0.3, 0.4) is 0 Å². The molecule has 0 bridgehead atoms. The smallest absolute Gasteiger partial charge is 0.251 e. The van der Waals surface area contributed by atoms with E-state index in [9.17, 15) is 21.6 Å². The van der Waals surface area contributed by atoms with Crippen LogP contribution in [0.4, 0.5) is 0 Å². The number of hydrogen-bond acceptors (Lipinski definition) is 6. The number of amides is 1. The van der Waals surface area contributed by atoms with Crippen LogP contribution in [0.5, 0.6) is 0 Å². The Kier molecular flexibility index (Phi) is 8.01. The Morgan fingerprint density at radius 1 is 1.06 bits per heavy atom. The average Bonchev–Trinajstić information content (AvgIpc) is 3.31. The maximum Gasteiger partial charge on any atom is 0.251 e. The van der Waals surface area contributed by atoms with Gasteiger partial charge in [-0.3, -0.25) is 4.79 Å². The standard InChI is InChI=1S/C21H27N3O6S2/c1-22-31(26,27)15-17-9-7-16(8-10-17)13-23-21(25)18-4-2-6-20(12-18)32(28,29)24-14-19-5-3-11-30-19/h2,4,6-10,12,19,22,24H,3,5,11,13-15H2,1H3,(H,23,25). The quantitative estimate of drug-likeness (QED) is 0.466. The van der Waals surface area contributed by atoms with Crippen LogP contribution in [-0.2, 0) is 37.1 Å². The number of hydrogen-bond donors (Lipinski definition) is 3. The molecule has 32 heavy (non-hydrogen) atoms. The van der Waals surface area contributed by atoms with Crippen LogP contribution in [0.1, 0.15) is 34.3 Å². The number of nitrogens with one attached hydrogen (secondary N) is 3. The highest BCUT2D eigenvalue weighted by molar-refractivity contribution is 7.89. The zero-order valence-corrected chi connectivity index (χ0v) is 19.3. The lowest BCUT2D eigenvalue weighted by atomic mass is 10.1. The van der Waals surface area contributed by atoms with Crippen molar-refractivity contribution in [3.05, 3.63) is 65.2 Å². The summed E-state index contributed by atoms with van der Waals surface area (Å²) >= 11 is 0. The molecule has 174 valence electrons. The van der Waals surface area contributed by atoms with Crippen molar-refractivity contribution in [2.24, 2.45) is 0 Å². The minimum Gasteiger partial charge on any atom is -0.377 e. The molecule has 0 spiro atoms. The first-order chi connectivity index (χ1) is 15.2. The van der Waals surface area contributed by atoms with Gasteiger partial charge in [-0.15, -0.1) is 0 Å². The number of rotatable bonds is 10. The van der Waals surface area contributed by atoms with Crippen LogP contribution in [0.15, 0.2) is 53.4 Å². The predicted molar refractivity (Wildman–Crippen MR) is 120 cm³/mol. The van der Waals surface area contributed by atoms with Gasteiger partial charge >= 0.3 is 0 Å². The van der Waals surface area contributed by atoms with Crippen LogP contribution >= 0.6 is 0 Å². The van der Waals surface area contributed by atoms with Gasteiger partial charge in [0, 0.05) is 25.3 Å². The van der Waals surface area contributed by atoms with Gasteiger partial charge in [-0.2, -0.15) is 0 Å². The molecule has 1 heterocycles. The van der Waals surface area contributed by atoms with Crippen molar-refractivity contribution >= 4 is 26.0 Å². The van der Waals surface area contributed by atoms with Gasteiger partial charge in [-0.25, -0.2) is 26.3 Å². The Morgan fingerprint density at radius 2 is 1.78 bits per heavy atom. The zero-order chi connectivity index (χ0) is 23.2. The van der Waals surface area contributed by atoms with Crippen molar-refractivity contribution in [3.63, 3.8) is 0 Å². The minimum atomic E-state index is -3.76. The number of sulfonamides is 2. The molecule has 3 rings (SSSR count). The first-order valence-electron chi connectivity index (χ1n) is 10.2. The molecule has 2 aromatic carbocycles. The molecule has 1 aliphatic heterocycles. The number of carbonyl (C=O) groups excluding carboxylic acids is 1. The molecule has 0 aromatic heterocycles. The lowest BCUT2D eigenvalue weighted by Gasteiger charge is -2.12. The number of ether oxygens (including phenoxy) is 1. The van der Waals surface area contributed by atoms with Crippen molar-refractivity contribution in [3.8, 4) is 0 Å². The van der Waals surface area contributed by atoms with Crippen molar-refractivity contribution in [2.75, 3.05) is 20.2 Å². The number of carbonyl (C=O) groups is 1. The molecule has 1 saturated heterocycles. The third-order valence-corrected chi connectivity index (χ3v) is 7.83. The first kappa shape index (κ1) is 24.3. The summed E-state index contributed by atoms with van der Waals surface area (Å²) in [5, 5.41) is 2.74. The van der Waals surface area contributed by atoms with E-state index in [1.807, 2.05) is 0 Å². The Morgan fingerprint density at radius 3 is 2.44 bits per heavy atom. The fourth-order valence-electron chi connectivity index (χ4n) is 3.23. The van der Waals surface area contributed by atoms with E-state index in [0.29, 0.717) is 12.2 Å². The van der Waals surface area contributed by atoms with Gasteiger partial charge in [0.15, 0.2) is 0 Å². The van der Waals surface area contributed by atoms with E-state index >= 15 is 0 Å².